The van der Waals surface area contributed by atoms with Crippen LogP contribution in [0.1, 0.15) is 0 Å². The molecular formula is C34H22F4IrN9-3. The third-order valence-corrected chi connectivity index (χ3v) is 6.80. The van der Waals surface area contributed by atoms with E-state index in [0.717, 1.165) is 46.3 Å². The summed E-state index contributed by atoms with van der Waals surface area (Å²) in [5, 5.41) is 14.0. The van der Waals surface area contributed by atoms with Crippen molar-refractivity contribution in [2.45, 2.75) is 0 Å². The van der Waals surface area contributed by atoms with Gasteiger partial charge in [0.05, 0.1) is 47.7 Å². The van der Waals surface area contributed by atoms with Crippen LogP contribution in [0.25, 0.3) is 45.0 Å². The number of fused-ring (bicyclic) bond motifs is 2. The molecule has 243 valence electrons. The number of hydrogen-bond acceptors (Lipinski definition) is 4. The summed E-state index contributed by atoms with van der Waals surface area (Å²) in [7, 11) is 3.64. The van der Waals surface area contributed by atoms with E-state index >= 15 is 0 Å². The predicted molar refractivity (Wildman–Crippen MR) is 160 cm³/mol. The van der Waals surface area contributed by atoms with Gasteiger partial charge in [-0.05, 0) is 23.5 Å². The number of rotatable bonds is 3. The summed E-state index contributed by atoms with van der Waals surface area (Å²) in [6.07, 6.45) is 7.61. The molecule has 4 aromatic carbocycles. The second-order valence-electron chi connectivity index (χ2n) is 9.91. The molecule has 0 saturated heterocycles. The molecule has 0 bridgehead atoms. The maximum Gasteiger partial charge on any atom is 0.242 e. The van der Waals surface area contributed by atoms with Crippen LogP contribution in [0.4, 0.5) is 17.6 Å². The molecule has 9 nitrogen and oxygen atoms in total. The van der Waals surface area contributed by atoms with E-state index in [9.17, 15) is 17.6 Å². The molecule has 0 aliphatic carbocycles. The van der Waals surface area contributed by atoms with Crippen molar-refractivity contribution >= 4 is 22.1 Å². The van der Waals surface area contributed by atoms with Crippen molar-refractivity contribution in [3.63, 3.8) is 0 Å². The Morgan fingerprint density at radius 1 is 0.688 bits per heavy atom. The Kier molecular flexibility index (Phi) is 10.5. The molecule has 0 aliphatic rings. The van der Waals surface area contributed by atoms with E-state index in [4.69, 9.17) is 0 Å². The van der Waals surface area contributed by atoms with E-state index in [1.807, 2.05) is 74.8 Å². The van der Waals surface area contributed by atoms with Crippen molar-refractivity contribution < 1.29 is 46.8 Å². The van der Waals surface area contributed by atoms with Crippen LogP contribution in [-0.4, -0.2) is 29.6 Å². The molecule has 8 aromatic rings. The van der Waals surface area contributed by atoms with Crippen LogP contribution < -0.4 is 14.2 Å². The van der Waals surface area contributed by atoms with Gasteiger partial charge in [0.2, 0.25) is 12.7 Å². The minimum Gasteiger partial charge on any atom is -0.339 e. The summed E-state index contributed by atoms with van der Waals surface area (Å²) in [5.74, 6) is -2.14. The molecule has 0 aliphatic heterocycles. The molecule has 0 N–H and O–H groups in total. The van der Waals surface area contributed by atoms with Crippen molar-refractivity contribution in [1.29, 1.82) is 0 Å². The Morgan fingerprint density at radius 2 is 1.19 bits per heavy atom. The summed E-state index contributed by atoms with van der Waals surface area (Å²) in [5.41, 5.74) is 4.42. The molecule has 4 heterocycles. The van der Waals surface area contributed by atoms with Gasteiger partial charge in [-0.25, -0.2) is 0 Å². The Balaban J connectivity index is 0.000000144. The maximum atomic E-state index is 13.8. The van der Waals surface area contributed by atoms with Gasteiger partial charge in [-0.3, -0.25) is 32.9 Å². The van der Waals surface area contributed by atoms with Gasteiger partial charge < -0.3 is 23.4 Å². The van der Waals surface area contributed by atoms with Crippen LogP contribution in [0.5, 0.6) is 0 Å². The van der Waals surface area contributed by atoms with Gasteiger partial charge in [0.1, 0.15) is 0 Å². The van der Waals surface area contributed by atoms with E-state index in [1.54, 1.807) is 21.4 Å². The first-order valence-electron chi connectivity index (χ1n) is 13.9. The second kappa shape index (κ2) is 14.9. The largest absolute Gasteiger partial charge is 0.339 e. The van der Waals surface area contributed by atoms with Gasteiger partial charge in [0.25, 0.3) is 0 Å². The predicted octanol–water partition coefficient (Wildman–Crippen LogP) is 4.56. The van der Waals surface area contributed by atoms with Crippen molar-refractivity contribution in [2.24, 2.45) is 14.1 Å². The van der Waals surface area contributed by atoms with Gasteiger partial charge in [0, 0.05) is 49.6 Å². The van der Waals surface area contributed by atoms with Crippen LogP contribution in [0.2, 0.25) is 0 Å². The number of tetrazole rings is 1. The molecule has 0 fully saturated rings. The second-order valence-corrected chi connectivity index (χ2v) is 9.91. The minimum absolute atomic E-state index is 0. The Bertz CT molecular complexity index is 2160. The SMILES string of the molecule is C[n+]1[c-]n(-c2[c-]cc(F)cc2F)c2ccccc21.C[n+]1[c-]n(-c2[c-]cc(F)cc2F)c2ccccc21.[Ir].c1ccc(-c2nnn[n-]2)nc1. The van der Waals surface area contributed by atoms with Crippen LogP contribution in [-0.2, 0) is 34.2 Å². The van der Waals surface area contributed by atoms with Gasteiger partial charge in [-0.1, -0.05) is 54.6 Å². The zero-order valence-electron chi connectivity index (χ0n) is 25.1. The first-order valence-corrected chi connectivity index (χ1v) is 13.9. The van der Waals surface area contributed by atoms with Crippen molar-refractivity contribution in [3.05, 3.63) is 145 Å². The molecule has 48 heavy (non-hydrogen) atoms. The first-order chi connectivity index (χ1) is 22.8. The van der Waals surface area contributed by atoms with Crippen LogP contribution >= 0.6 is 0 Å². The summed E-state index contributed by atoms with van der Waals surface area (Å²) in [6, 6.07) is 29.6. The Morgan fingerprint density at radius 3 is 1.62 bits per heavy atom. The first kappa shape index (κ1) is 33.8. The normalized spacial score (nSPS) is 10.5. The van der Waals surface area contributed by atoms with Crippen LogP contribution in [0, 0.1) is 48.1 Å². The average molecular weight is 825 g/mol. The zero-order valence-corrected chi connectivity index (χ0v) is 27.5. The third-order valence-electron chi connectivity index (χ3n) is 6.80. The van der Waals surface area contributed by atoms with Crippen LogP contribution in [0.3, 0.4) is 0 Å². The summed E-state index contributed by atoms with van der Waals surface area (Å²) in [6.45, 7) is 0. The van der Waals surface area contributed by atoms with Crippen molar-refractivity contribution in [3.8, 4) is 22.9 Å². The van der Waals surface area contributed by atoms with Gasteiger partial charge >= 0.3 is 0 Å². The standard InChI is InChI=1S/2C14H9F2N2.C6H4N5.Ir/c2*1-17-9-18(14-5-3-2-4-13(14)17)12-7-6-10(15)8-11(12)16;1-2-4-7-5(3-1)6-8-10-11-9-6;/h2*2-6,8H,1H3;1-4H;/q3*-1;. The van der Waals surface area contributed by atoms with Crippen molar-refractivity contribution in [1.82, 2.24) is 34.7 Å². The molecule has 0 saturated carbocycles. The minimum atomic E-state index is -0.660. The molecular weight excluding hydrogens is 803 g/mol. The Labute approximate surface area is 285 Å². The van der Waals surface area contributed by atoms with E-state index in [2.05, 4.69) is 50.4 Å². The molecule has 0 spiro atoms. The van der Waals surface area contributed by atoms with Gasteiger partial charge in [-0.15, -0.1) is 24.3 Å². The number of nitrogens with zero attached hydrogens (tertiary/aromatic N) is 9. The fraction of sp³-hybridized carbons (Fsp3) is 0.0588. The smallest absolute Gasteiger partial charge is 0.242 e. The summed E-state index contributed by atoms with van der Waals surface area (Å²) < 4.78 is 59.9. The molecule has 4 aromatic heterocycles. The fourth-order valence-electron chi connectivity index (χ4n) is 4.69. The molecule has 8 rings (SSSR count). The van der Waals surface area contributed by atoms with Gasteiger partial charge in [-0.2, -0.15) is 17.3 Å². The number of hydrogen-bond donors (Lipinski definition) is 0. The molecule has 14 heteroatoms. The molecule has 1 radical (unpaired) electrons. The van der Waals surface area contributed by atoms with Crippen LogP contribution in [0.15, 0.2) is 97.2 Å². The number of aryl methyl sites for hydroxylation is 2. The number of benzene rings is 4. The number of para-hydroxylation sites is 4. The quantitative estimate of drug-likeness (QED) is 0.149. The monoisotopic (exact) mass is 825 g/mol. The summed E-state index contributed by atoms with van der Waals surface area (Å²) >= 11 is 0. The third kappa shape index (κ3) is 7.19. The summed E-state index contributed by atoms with van der Waals surface area (Å²) in [4.78, 5) is 4.02. The maximum absolute atomic E-state index is 13.8. The number of aromatic nitrogens is 9. The molecule has 0 atom stereocenters. The number of halogens is 4. The topological polar surface area (TPSA) is 83.3 Å². The number of pyridine rings is 1. The number of imidazole rings is 2. The average Bonchev–Trinajstić information content (AvgIpc) is 3.82. The van der Waals surface area contributed by atoms with E-state index in [1.165, 1.54) is 9.13 Å². The Hall–Kier alpha value is -5.59. The molecule has 0 unspecified atom stereocenters. The van der Waals surface area contributed by atoms with E-state index in [-0.39, 0.29) is 31.5 Å². The van der Waals surface area contributed by atoms with Gasteiger partial charge in [0.15, 0.2) is 0 Å². The van der Waals surface area contributed by atoms with Crippen molar-refractivity contribution in [2.75, 3.05) is 0 Å². The fourth-order valence-corrected chi connectivity index (χ4v) is 4.69. The zero-order chi connectivity index (χ0) is 32.9. The van der Waals surface area contributed by atoms with E-state index in [0.29, 0.717) is 11.5 Å². The molecule has 0 amide bonds. The van der Waals surface area contributed by atoms with E-state index < -0.39 is 23.3 Å².